The number of fused-ring (bicyclic) bond motifs is 1. The molecule has 0 radical (unpaired) electrons. The van der Waals surface area contributed by atoms with Crippen LogP contribution in [0.25, 0.3) is 32.6 Å². The summed E-state index contributed by atoms with van der Waals surface area (Å²) in [5, 5.41) is 11.3. The highest BCUT2D eigenvalue weighted by Gasteiger charge is 2.25. The maximum absolute atomic E-state index is 12.4. The molecular formula is C20H15N3O3S. The number of ether oxygens (including phenoxy) is 1. The summed E-state index contributed by atoms with van der Waals surface area (Å²) in [5.74, 6) is -0.893. The minimum absolute atomic E-state index is 0.124. The van der Waals surface area contributed by atoms with Crippen molar-refractivity contribution in [3.8, 4) is 28.3 Å². The normalized spacial score (nSPS) is 10.9. The fourth-order valence-corrected chi connectivity index (χ4v) is 3.75. The van der Waals surface area contributed by atoms with E-state index < -0.39 is 5.97 Å². The molecular weight excluding hydrogens is 362 g/mol. The predicted molar refractivity (Wildman–Crippen MR) is 104 cm³/mol. The van der Waals surface area contributed by atoms with Crippen LogP contribution in [0.3, 0.4) is 0 Å². The highest BCUT2D eigenvalue weighted by molar-refractivity contribution is 7.14. The predicted octanol–water partition coefficient (Wildman–Crippen LogP) is 4.30. The Morgan fingerprint density at radius 3 is 2.59 bits per heavy atom. The van der Waals surface area contributed by atoms with Gasteiger partial charge in [-0.15, -0.1) is 0 Å². The van der Waals surface area contributed by atoms with Gasteiger partial charge in [0.1, 0.15) is 0 Å². The van der Waals surface area contributed by atoms with Gasteiger partial charge in [-0.3, -0.25) is 4.98 Å². The van der Waals surface area contributed by atoms with Gasteiger partial charge in [-0.05, 0) is 30.6 Å². The fourth-order valence-electron chi connectivity index (χ4n) is 2.84. The standard InChI is InChI=1S/C20H15N3O3S/c1-2-26-20(25)17-18(24)14-15(12-7-4-3-5-8-12)23-27-19(14)16(22-17)13-9-6-10-21-11-13/h3-11,24H,2H2,1H3. The smallest absolute Gasteiger partial charge is 0.360 e. The number of rotatable bonds is 4. The van der Waals surface area contributed by atoms with Crippen LogP contribution < -0.4 is 0 Å². The van der Waals surface area contributed by atoms with E-state index in [4.69, 9.17) is 4.74 Å². The average molecular weight is 377 g/mol. The average Bonchev–Trinajstić information content (AvgIpc) is 3.15. The second kappa shape index (κ2) is 7.13. The van der Waals surface area contributed by atoms with Crippen molar-refractivity contribution in [1.82, 2.24) is 14.3 Å². The first-order valence-corrected chi connectivity index (χ1v) is 9.13. The highest BCUT2D eigenvalue weighted by atomic mass is 32.1. The molecule has 4 rings (SSSR count). The van der Waals surface area contributed by atoms with Gasteiger partial charge < -0.3 is 9.84 Å². The van der Waals surface area contributed by atoms with Gasteiger partial charge in [0, 0.05) is 23.5 Å². The lowest BCUT2D eigenvalue weighted by atomic mass is 10.0. The topological polar surface area (TPSA) is 85.2 Å². The van der Waals surface area contributed by atoms with Gasteiger partial charge in [-0.25, -0.2) is 9.78 Å². The van der Waals surface area contributed by atoms with Crippen LogP contribution in [-0.2, 0) is 4.74 Å². The van der Waals surface area contributed by atoms with E-state index in [0.717, 1.165) is 11.1 Å². The summed E-state index contributed by atoms with van der Waals surface area (Å²) < 4.78 is 10.3. The van der Waals surface area contributed by atoms with E-state index in [2.05, 4.69) is 14.3 Å². The Morgan fingerprint density at radius 2 is 1.89 bits per heavy atom. The van der Waals surface area contributed by atoms with Gasteiger partial charge in [0.15, 0.2) is 11.4 Å². The lowest BCUT2D eigenvalue weighted by molar-refractivity contribution is 0.0516. The summed E-state index contributed by atoms with van der Waals surface area (Å²) >= 11 is 1.23. The minimum Gasteiger partial charge on any atom is -0.505 e. The van der Waals surface area contributed by atoms with Gasteiger partial charge in [-0.2, -0.15) is 4.37 Å². The van der Waals surface area contributed by atoms with Crippen molar-refractivity contribution >= 4 is 27.6 Å². The molecule has 0 amide bonds. The first-order valence-electron chi connectivity index (χ1n) is 8.36. The number of carbonyl (C=O) groups excluding carboxylic acids is 1. The first kappa shape index (κ1) is 17.1. The third-order valence-corrected chi connectivity index (χ3v) is 4.90. The molecule has 0 atom stereocenters. The maximum Gasteiger partial charge on any atom is 0.360 e. The maximum atomic E-state index is 12.4. The van der Waals surface area contributed by atoms with Crippen LogP contribution in [0.1, 0.15) is 17.4 Å². The Labute approximate surface area is 159 Å². The highest BCUT2D eigenvalue weighted by Crippen LogP contribution is 2.42. The Balaban J connectivity index is 2.05. The summed E-state index contributed by atoms with van der Waals surface area (Å²) in [6, 6.07) is 13.1. The second-order valence-corrected chi connectivity index (χ2v) is 6.49. The molecule has 6 nitrogen and oxygen atoms in total. The zero-order valence-electron chi connectivity index (χ0n) is 14.4. The van der Waals surface area contributed by atoms with Gasteiger partial charge in [0.05, 0.1) is 28.1 Å². The zero-order chi connectivity index (χ0) is 18.8. The van der Waals surface area contributed by atoms with E-state index in [-0.39, 0.29) is 18.1 Å². The van der Waals surface area contributed by atoms with E-state index in [1.807, 2.05) is 36.4 Å². The second-order valence-electron chi connectivity index (χ2n) is 5.72. The number of hydrogen-bond acceptors (Lipinski definition) is 7. The molecule has 3 heterocycles. The molecule has 0 aliphatic rings. The Hall–Kier alpha value is -3.32. The van der Waals surface area contributed by atoms with Crippen molar-refractivity contribution in [3.63, 3.8) is 0 Å². The van der Waals surface area contributed by atoms with Gasteiger partial charge >= 0.3 is 5.97 Å². The third kappa shape index (κ3) is 3.02. The first-order chi connectivity index (χ1) is 13.2. The van der Waals surface area contributed by atoms with Gasteiger partial charge in [-0.1, -0.05) is 30.3 Å². The van der Waals surface area contributed by atoms with E-state index in [1.165, 1.54) is 11.5 Å². The van der Waals surface area contributed by atoms with Crippen LogP contribution in [0.15, 0.2) is 54.9 Å². The molecule has 0 unspecified atom stereocenters. The van der Waals surface area contributed by atoms with E-state index in [1.54, 1.807) is 25.4 Å². The van der Waals surface area contributed by atoms with Crippen LogP contribution in [-0.4, -0.2) is 32.0 Å². The van der Waals surface area contributed by atoms with Gasteiger partial charge in [0.25, 0.3) is 0 Å². The number of benzene rings is 1. The van der Waals surface area contributed by atoms with Crippen molar-refractivity contribution < 1.29 is 14.6 Å². The van der Waals surface area contributed by atoms with Gasteiger partial charge in [0.2, 0.25) is 0 Å². The number of pyridine rings is 2. The van der Waals surface area contributed by atoms with Crippen LogP contribution in [0.4, 0.5) is 0 Å². The molecule has 0 aliphatic heterocycles. The van der Waals surface area contributed by atoms with Crippen LogP contribution in [0, 0.1) is 0 Å². The molecule has 0 saturated carbocycles. The molecule has 4 aromatic rings. The Morgan fingerprint density at radius 1 is 1.11 bits per heavy atom. The molecule has 1 N–H and O–H groups in total. The van der Waals surface area contributed by atoms with E-state index >= 15 is 0 Å². The SMILES string of the molecule is CCOC(=O)c1nc(-c2cccnc2)c2snc(-c3ccccc3)c2c1O. The molecule has 0 bridgehead atoms. The van der Waals surface area contributed by atoms with Crippen LogP contribution in [0.5, 0.6) is 5.75 Å². The van der Waals surface area contributed by atoms with Crippen LogP contribution >= 0.6 is 11.5 Å². The molecule has 3 aromatic heterocycles. The van der Waals surface area contributed by atoms with Crippen molar-refractivity contribution in [2.24, 2.45) is 0 Å². The number of aromatic nitrogens is 3. The third-order valence-electron chi connectivity index (χ3n) is 4.04. The summed E-state index contributed by atoms with van der Waals surface area (Å²) in [6.45, 7) is 1.89. The number of aromatic hydroxyl groups is 1. The molecule has 0 saturated heterocycles. The molecule has 0 fully saturated rings. The lowest BCUT2D eigenvalue weighted by Gasteiger charge is -2.09. The lowest BCUT2D eigenvalue weighted by Crippen LogP contribution is -2.08. The number of carbonyl (C=O) groups is 1. The summed E-state index contributed by atoms with van der Waals surface area (Å²) in [5.41, 5.74) is 2.60. The molecule has 1 aromatic carbocycles. The monoisotopic (exact) mass is 377 g/mol. The van der Waals surface area contributed by atoms with Crippen molar-refractivity contribution in [2.45, 2.75) is 6.92 Å². The summed E-state index contributed by atoms with van der Waals surface area (Å²) in [4.78, 5) is 20.9. The number of esters is 1. The number of nitrogens with zero attached hydrogens (tertiary/aromatic N) is 3. The van der Waals surface area contributed by atoms with Crippen LogP contribution in [0.2, 0.25) is 0 Å². The molecule has 0 spiro atoms. The van der Waals surface area contributed by atoms with Crippen molar-refractivity contribution in [3.05, 3.63) is 60.6 Å². The molecule has 27 heavy (non-hydrogen) atoms. The largest absolute Gasteiger partial charge is 0.505 e. The number of hydrogen-bond donors (Lipinski definition) is 1. The van der Waals surface area contributed by atoms with Crippen molar-refractivity contribution in [2.75, 3.05) is 6.61 Å². The summed E-state index contributed by atoms with van der Waals surface area (Å²) in [7, 11) is 0. The van der Waals surface area contributed by atoms with E-state index in [0.29, 0.717) is 21.5 Å². The Bertz CT molecular complexity index is 1110. The molecule has 134 valence electrons. The zero-order valence-corrected chi connectivity index (χ0v) is 15.2. The molecule has 7 heteroatoms. The minimum atomic E-state index is -0.674. The van der Waals surface area contributed by atoms with Crippen molar-refractivity contribution in [1.29, 1.82) is 0 Å². The fraction of sp³-hybridized carbons (Fsp3) is 0.100. The van der Waals surface area contributed by atoms with E-state index in [9.17, 15) is 9.90 Å². The quantitative estimate of drug-likeness (QED) is 0.534. The summed E-state index contributed by atoms with van der Waals surface area (Å²) in [6.07, 6.45) is 3.32. The molecule has 0 aliphatic carbocycles. The Kier molecular flexibility index (Phi) is 4.52.